The maximum absolute atomic E-state index is 4.27. The molecular formula is C15H22BrN3. The summed E-state index contributed by atoms with van der Waals surface area (Å²) in [6.07, 6.45) is 10.6. The number of hydrogen-bond acceptors (Lipinski definition) is 3. The van der Waals surface area contributed by atoms with Crippen molar-refractivity contribution in [1.29, 1.82) is 0 Å². The highest BCUT2D eigenvalue weighted by molar-refractivity contribution is 9.10. The van der Waals surface area contributed by atoms with E-state index in [1.54, 1.807) is 0 Å². The Hall–Kier alpha value is -0.450. The van der Waals surface area contributed by atoms with Gasteiger partial charge in [-0.2, -0.15) is 0 Å². The van der Waals surface area contributed by atoms with Crippen LogP contribution in [0.1, 0.15) is 37.7 Å². The van der Waals surface area contributed by atoms with Crippen molar-refractivity contribution in [2.24, 2.45) is 0 Å². The lowest BCUT2D eigenvalue weighted by Crippen LogP contribution is -2.49. The summed E-state index contributed by atoms with van der Waals surface area (Å²) >= 11 is 3.51. The normalized spacial score (nSPS) is 23.6. The number of hydrogen-bond donors (Lipinski definition) is 1. The molecule has 3 nitrogen and oxygen atoms in total. The minimum absolute atomic E-state index is 0.399. The molecule has 0 atom stereocenters. The highest BCUT2D eigenvalue weighted by atomic mass is 79.9. The summed E-state index contributed by atoms with van der Waals surface area (Å²) in [6, 6.07) is 2.19. The van der Waals surface area contributed by atoms with Gasteiger partial charge in [0.1, 0.15) is 0 Å². The van der Waals surface area contributed by atoms with Gasteiger partial charge in [0.25, 0.3) is 0 Å². The summed E-state index contributed by atoms with van der Waals surface area (Å²) in [4.78, 5) is 6.88. The van der Waals surface area contributed by atoms with Gasteiger partial charge in [-0.15, -0.1) is 0 Å². The average Bonchev–Trinajstić information content (AvgIpc) is 2.73. The molecule has 0 aromatic carbocycles. The van der Waals surface area contributed by atoms with E-state index in [1.165, 1.54) is 57.3 Å². The summed E-state index contributed by atoms with van der Waals surface area (Å²) < 4.78 is 1.08. The van der Waals surface area contributed by atoms with E-state index in [2.05, 4.69) is 37.2 Å². The van der Waals surface area contributed by atoms with Crippen LogP contribution >= 0.6 is 15.9 Å². The maximum atomic E-state index is 4.27. The van der Waals surface area contributed by atoms with Crippen LogP contribution in [0.15, 0.2) is 22.9 Å². The third-order valence-electron chi connectivity index (χ3n) is 4.41. The van der Waals surface area contributed by atoms with Crippen molar-refractivity contribution < 1.29 is 0 Å². The smallest absolute Gasteiger partial charge is 0.0410 e. The molecule has 1 saturated heterocycles. The standard InChI is InChI=1S/C15H22BrN3/c16-14-8-13(9-17-10-14)11-19-7-3-6-18-15(12-19)4-1-2-5-15/h8-10,18H,1-7,11-12H2. The first kappa shape index (κ1) is 13.5. The number of rotatable bonds is 2. The minimum atomic E-state index is 0.399. The van der Waals surface area contributed by atoms with Gasteiger partial charge in [0.15, 0.2) is 0 Å². The highest BCUT2D eigenvalue weighted by Crippen LogP contribution is 2.32. The fourth-order valence-corrected chi connectivity index (χ4v) is 3.95. The molecular weight excluding hydrogens is 302 g/mol. The molecule has 4 heteroatoms. The third kappa shape index (κ3) is 3.36. The van der Waals surface area contributed by atoms with Crippen molar-refractivity contribution in [3.05, 3.63) is 28.5 Å². The van der Waals surface area contributed by atoms with Crippen LogP contribution in [0.5, 0.6) is 0 Å². The van der Waals surface area contributed by atoms with E-state index in [0.29, 0.717) is 5.54 Å². The third-order valence-corrected chi connectivity index (χ3v) is 4.84. The van der Waals surface area contributed by atoms with Crippen molar-refractivity contribution in [3.63, 3.8) is 0 Å². The molecule has 0 radical (unpaired) electrons. The average molecular weight is 324 g/mol. The van der Waals surface area contributed by atoms with Gasteiger partial charge < -0.3 is 5.32 Å². The summed E-state index contributed by atoms with van der Waals surface area (Å²) in [5, 5.41) is 3.82. The molecule has 3 rings (SSSR count). The van der Waals surface area contributed by atoms with E-state index >= 15 is 0 Å². The van der Waals surface area contributed by atoms with E-state index in [-0.39, 0.29) is 0 Å². The van der Waals surface area contributed by atoms with Crippen LogP contribution in [0.3, 0.4) is 0 Å². The number of nitrogens with one attached hydrogen (secondary N) is 1. The van der Waals surface area contributed by atoms with Crippen LogP contribution < -0.4 is 5.32 Å². The molecule has 1 aromatic heterocycles. The van der Waals surface area contributed by atoms with Gasteiger partial charge in [-0.05, 0) is 59.9 Å². The molecule has 1 N–H and O–H groups in total. The number of nitrogens with zero attached hydrogens (tertiary/aromatic N) is 2. The zero-order valence-corrected chi connectivity index (χ0v) is 13.0. The Morgan fingerprint density at radius 2 is 2.11 bits per heavy atom. The van der Waals surface area contributed by atoms with Crippen LogP contribution in [0, 0.1) is 0 Å². The lowest BCUT2D eigenvalue weighted by atomic mass is 9.97. The second-order valence-corrected chi connectivity index (χ2v) is 6.91. The van der Waals surface area contributed by atoms with Gasteiger partial charge in [-0.3, -0.25) is 9.88 Å². The van der Waals surface area contributed by atoms with Gasteiger partial charge in [0.05, 0.1) is 0 Å². The lowest BCUT2D eigenvalue weighted by molar-refractivity contribution is 0.203. The minimum Gasteiger partial charge on any atom is -0.310 e. The first-order chi connectivity index (χ1) is 9.26. The van der Waals surface area contributed by atoms with Crippen molar-refractivity contribution in [2.45, 2.75) is 44.2 Å². The zero-order chi connectivity index (χ0) is 13.1. The molecule has 1 aliphatic carbocycles. The Bertz CT molecular complexity index is 429. The van der Waals surface area contributed by atoms with Crippen LogP contribution in [-0.2, 0) is 6.54 Å². The molecule has 1 spiro atoms. The van der Waals surface area contributed by atoms with Crippen LogP contribution in [0.4, 0.5) is 0 Å². The number of pyridine rings is 1. The van der Waals surface area contributed by atoms with Gasteiger partial charge >= 0.3 is 0 Å². The fraction of sp³-hybridized carbons (Fsp3) is 0.667. The molecule has 2 aliphatic rings. The summed E-state index contributed by atoms with van der Waals surface area (Å²) in [5.74, 6) is 0. The molecule has 1 aliphatic heterocycles. The molecule has 104 valence electrons. The van der Waals surface area contributed by atoms with E-state index in [0.717, 1.165) is 11.0 Å². The number of aromatic nitrogens is 1. The Balaban J connectivity index is 1.69. The first-order valence-electron chi connectivity index (χ1n) is 7.33. The van der Waals surface area contributed by atoms with Crippen LogP contribution in [-0.4, -0.2) is 35.1 Å². The van der Waals surface area contributed by atoms with Gasteiger partial charge in [-0.25, -0.2) is 0 Å². The van der Waals surface area contributed by atoms with Gasteiger partial charge in [0.2, 0.25) is 0 Å². The fourth-order valence-electron chi connectivity index (χ4n) is 3.54. The predicted octanol–water partition coefficient (Wildman–Crippen LogP) is 2.95. The summed E-state index contributed by atoms with van der Waals surface area (Å²) in [7, 11) is 0. The van der Waals surface area contributed by atoms with E-state index < -0.39 is 0 Å². The summed E-state index contributed by atoms with van der Waals surface area (Å²) in [6.45, 7) is 4.59. The molecule has 2 fully saturated rings. The van der Waals surface area contributed by atoms with E-state index in [9.17, 15) is 0 Å². The second kappa shape index (κ2) is 5.90. The molecule has 0 amide bonds. The Morgan fingerprint density at radius 3 is 2.89 bits per heavy atom. The van der Waals surface area contributed by atoms with E-state index in [1.807, 2.05) is 12.4 Å². The Kier molecular flexibility index (Phi) is 4.20. The number of halogens is 1. The van der Waals surface area contributed by atoms with Gasteiger partial charge in [0, 0.05) is 35.5 Å². The van der Waals surface area contributed by atoms with Crippen LogP contribution in [0.25, 0.3) is 0 Å². The Labute approximate surface area is 123 Å². The predicted molar refractivity (Wildman–Crippen MR) is 81.0 cm³/mol. The monoisotopic (exact) mass is 323 g/mol. The van der Waals surface area contributed by atoms with Crippen molar-refractivity contribution in [1.82, 2.24) is 15.2 Å². The molecule has 2 heterocycles. The Morgan fingerprint density at radius 1 is 1.26 bits per heavy atom. The zero-order valence-electron chi connectivity index (χ0n) is 11.4. The van der Waals surface area contributed by atoms with Crippen molar-refractivity contribution in [3.8, 4) is 0 Å². The lowest BCUT2D eigenvalue weighted by Gasteiger charge is -2.33. The van der Waals surface area contributed by atoms with Gasteiger partial charge in [-0.1, -0.05) is 12.8 Å². The molecule has 0 bridgehead atoms. The van der Waals surface area contributed by atoms with Crippen molar-refractivity contribution in [2.75, 3.05) is 19.6 Å². The highest BCUT2D eigenvalue weighted by Gasteiger charge is 2.36. The molecule has 19 heavy (non-hydrogen) atoms. The second-order valence-electron chi connectivity index (χ2n) is 5.99. The SMILES string of the molecule is Brc1cncc(CN2CCCNC3(CCCC3)C2)c1. The van der Waals surface area contributed by atoms with Crippen molar-refractivity contribution >= 4 is 15.9 Å². The molecule has 1 aromatic rings. The molecule has 1 saturated carbocycles. The maximum Gasteiger partial charge on any atom is 0.0410 e. The topological polar surface area (TPSA) is 28.2 Å². The summed E-state index contributed by atoms with van der Waals surface area (Å²) in [5.41, 5.74) is 1.71. The molecule has 0 unspecified atom stereocenters. The first-order valence-corrected chi connectivity index (χ1v) is 8.12. The quantitative estimate of drug-likeness (QED) is 0.907. The van der Waals surface area contributed by atoms with E-state index in [4.69, 9.17) is 0 Å². The largest absolute Gasteiger partial charge is 0.310 e. The van der Waals surface area contributed by atoms with Crippen LogP contribution in [0.2, 0.25) is 0 Å².